The number of nitro benzene ring substituents is 1. The minimum Gasteiger partial charge on any atom is -0.467 e. The lowest BCUT2D eigenvalue weighted by molar-refractivity contribution is -0.384. The van der Waals surface area contributed by atoms with Crippen LogP contribution < -0.4 is 0 Å². The molecule has 0 aliphatic heterocycles. The summed E-state index contributed by atoms with van der Waals surface area (Å²) in [5, 5.41) is 10.9. The number of benzene rings is 2. The van der Waals surface area contributed by atoms with Crippen molar-refractivity contribution in [3.05, 3.63) is 113 Å². The van der Waals surface area contributed by atoms with E-state index in [1.54, 1.807) is 23.3 Å². The van der Waals surface area contributed by atoms with Gasteiger partial charge in [-0.15, -0.1) is 6.58 Å². The van der Waals surface area contributed by atoms with Gasteiger partial charge in [-0.1, -0.05) is 36.4 Å². The molecular weight excluding hydrogens is 422 g/mol. The van der Waals surface area contributed by atoms with E-state index in [2.05, 4.69) is 6.58 Å². The molecule has 170 valence electrons. The first-order valence-corrected chi connectivity index (χ1v) is 10.5. The van der Waals surface area contributed by atoms with Crippen LogP contribution in [0.15, 0.2) is 90.1 Å². The molecule has 0 aliphatic carbocycles. The van der Waals surface area contributed by atoms with Crippen LogP contribution in [0.25, 0.3) is 0 Å². The predicted octanol–water partition coefficient (Wildman–Crippen LogP) is 4.09. The van der Waals surface area contributed by atoms with Crippen LogP contribution in [0.2, 0.25) is 0 Å². The molecule has 0 spiro atoms. The Morgan fingerprint density at radius 1 is 1.00 bits per heavy atom. The van der Waals surface area contributed by atoms with E-state index in [1.165, 1.54) is 35.2 Å². The van der Waals surface area contributed by atoms with E-state index in [4.69, 9.17) is 4.42 Å². The number of hydrogen-bond donors (Lipinski definition) is 0. The maximum absolute atomic E-state index is 13.2. The second-order valence-corrected chi connectivity index (χ2v) is 7.41. The second kappa shape index (κ2) is 11.4. The van der Waals surface area contributed by atoms with Crippen LogP contribution in [0, 0.1) is 10.1 Å². The van der Waals surface area contributed by atoms with Gasteiger partial charge in [0.2, 0.25) is 5.91 Å². The summed E-state index contributed by atoms with van der Waals surface area (Å²) >= 11 is 0. The second-order valence-electron chi connectivity index (χ2n) is 7.41. The average Bonchev–Trinajstić information content (AvgIpc) is 3.35. The Morgan fingerprint density at radius 2 is 1.73 bits per heavy atom. The van der Waals surface area contributed by atoms with E-state index < -0.39 is 10.8 Å². The van der Waals surface area contributed by atoms with Gasteiger partial charge in [-0.25, -0.2) is 0 Å². The SMILES string of the molecule is C=CCN(CC(=O)N(CCc1ccccc1)Cc1ccco1)C(=O)c1ccc([N+](=O)[O-])cc1. The van der Waals surface area contributed by atoms with Crippen molar-refractivity contribution in [2.24, 2.45) is 0 Å². The van der Waals surface area contributed by atoms with E-state index in [-0.39, 0.29) is 36.8 Å². The number of non-ortho nitro benzene ring substituents is 1. The summed E-state index contributed by atoms with van der Waals surface area (Å²) in [7, 11) is 0. The monoisotopic (exact) mass is 447 g/mol. The highest BCUT2D eigenvalue weighted by Crippen LogP contribution is 2.15. The van der Waals surface area contributed by atoms with Crippen LogP contribution in [0.4, 0.5) is 5.69 Å². The van der Waals surface area contributed by atoms with Crippen molar-refractivity contribution in [2.45, 2.75) is 13.0 Å². The molecule has 33 heavy (non-hydrogen) atoms. The molecule has 3 rings (SSSR count). The van der Waals surface area contributed by atoms with E-state index in [9.17, 15) is 19.7 Å². The van der Waals surface area contributed by atoms with Crippen molar-refractivity contribution >= 4 is 17.5 Å². The fraction of sp³-hybridized carbons (Fsp3) is 0.200. The van der Waals surface area contributed by atoms with Gasteiger partial charge in [0.25, 0.3) is 11.6 Å². The van der Waals surface area contributed by atoms with Crippen molar-refractivity contribution in [2.75, 3.05) is 19.6 Å². The summed E-state index contributed by atoms with van der Waals surface area (Å²) in [6, 6.07) is 18.7. The van der Waals surface area contributed by atoms with Gasteiger partial charge in [0.15, 0.2) is 0 Å². The van der Waals surface area contributed by atoms with Crippen molar-refractivity contribution < 1.29 is 18.9 Å². The fourth-order valence-corrected chi connectivity index (χ4v) is 3.34. The molecule has 0 bridgehead atoms. The van der Waals surface area contributed by atoms with Gasteiger partial charge < -0.3 is 14.2 Å². The van der Waals surface area contributed by atoms with Crippen LogP contribution in [-0.4, -0.2) is 46.2 Å². The topological polar surface area (TPSA) is 96.9 Å². The highest BCUT2D eigenvalue weighted by molar-refractivity contribution is 5.96. The molecule has 8 heteroatoms. The van der Waals surface area contributed by atoms with Gasteiger partial charge >= 0.3 is 0 Å². The zero-order valence-corrected chi connectivity index (χ0v) is 18.1. The van der Waals surface area contributed by atoms with Crippen molar-refractivity contribution in [3.63, 3.8) is 0 Å². The van der Waals surface area contributed by atoms with Gasteiger partial charge in [-0.2, -0.15) is 0 Å². The number of nitrogens with zero attached hydrogens (tertiary/aromatic N) is 3. The maximum Gasteiger partial charge on any atom is 0.269 e. The van der Waals surface area contributed by atoms with Gasteiger partial charge in [-0.3, -0.25) is 19.7 Å². The van der Waals surface area contributed by atoms with Crippen molar-refractivity contribution in [3.8, 4) is 0 Å². The fourth-order valence-electron chi connectivity index (χ4n) is 3.34. The van der Waals surface area contributed by atoms with Crippen molar-refractivity contribution in [1.29, 1.82) is 0 Å². The Hall–Kier alpha value is -4.20. The maximum atomic E-state index is 13.2. The lowest BCUT2D eigenvalue weighted by Crippen LogP contribution is -2.43. The predicted molar refractivity (Wildman–Crippen MR) is 123 cm³/mol. The van der Waals surface area contributed by atoms with Crippen LogP contribution >= 0.6 is 0 Å². The zero-order valence-electron chi connectivity index (χ0n) is 18.1. The minimum atomic E-state index is -0.529. The highest BCUT2D eigenvalue weighted by atomic mass is 16.6. The number of carbonyl (C=O) groups excluding carboxylic acids is 2. The van der Waals surface area contributed by atoms with E-state index in [1.807, 2.05) is 30.3 Å². The third-order valence-corrected chi connectivity index (χ3v) is 5.08. The lowest BCUT2D eigenvalue weighted by Gasteiger charge is -2.27. The third-order valence-electron chi connectivity index (χ3n) is 5.08. The first-order valence-electron chi connectivity index (χ1n) is 10.5. The summed E-state index contributed by atoms with van der Waals surface area (Å²) in [6.07, 6.45) is 3.75. The standard InChI is InChI=1S/C25H25N3O5/c1-2-15-27(25(30)21-10-12-22(13-11-21)28(31)32)19-24(29)26(18-23-9-6-17-33-23)16-14-20-7-4-3-5-8-20/h2-13,17H,1,14-16,18-19H2. The molecule has 0 N–H and O–H groups in total. The molecule has 0 atom stereocenters. The summed E-state index contributed by atoms with van der Waals surface area (Å²) in [6.45, 7) is 4.43. The molecule has 3 aromatic rings. The number of hydrogen-bond acceptors (Lipinski definition) is 5. The van der Waals surface area contributed by atoms with Crippen LogP contribution in [0.3, 0.4) is 0 Å². The van der Waals surface area contributed by atoms with Gasteiger partial charge in [0, 0.05) is 30.8 Å². The molecule has 1 heterocycles. The summed E-state index contributed by atoms with van der Waals surface area (Å²) in [5.74, 6) is 0.00646. The molecule has 0 aliphatic rings. The normalized spacial score (nSPS) is 10.4. The molecule has 8 nitrogen and oxygen atoms in total. The van der Waals surface area contributed by atoms with Crippen LogP contribution in [-0.2, 0) is 17.8 Å². The Kier molecular flexibility index (Phi) is 8.13. The number of rotatable bonds is 11. The van der Waals surface area contributed by atoms with Gasteiger partial charge in [0.1, 0.15) is 12.3 Å². The molecule has 1 aromatic heterocycles. The molecule has 0 saturated carbocycles. The first-order chi connectivity index (χ1) is 16.0. The molecular formula is C25H25N3O5. The Morgan fingerprint density at radius 3 is 2.33 bits per heavy atom. The third kappa shape index (κ3) is 6.64. The number of furan rings is 1. The Bertz CT molecular complexity index is 1080. The van der Waals surface area contributed by atoms with E-state index in [0.717, 1.165) is 5.56 Å². The first kappa shape index (κ1) is 23.5. The summed E-state index contributed by atoms with van der Waals surface area (Å²) < 4.78 is 5.42. The molecule has 0 fully saturated rings. The van der Waals surface area contributed by atoms with Crippen molar-refractivity contribution in [1.82, 2.24) is 9.80 Å². The Balaban J connectivity index is 1.73. The van der Waals surface area contributed by atoms with Gasteiger partial charge in [0.05, 0.1) is 17.7 Å². The zero-order chi connectivity index (χ0) is 23.6. The van der Waals surface area contributed by atoms with Crippen LogP contribution in [0.5, 0.6) is 0 Å². The average molecular weight is 447 g/mol. The summed E-state index contributed by atoms with van der Waals surface area (Å²) in [4.78, 5) is 39.6. The van der Waals surface area contributed by atoms with Gasteiger partial charge in [-0.05, 0) is 36.2 Å². The summed E-state index contributed by atoms with van der Waals surface area (Å²) in [5.41, 5.74) is 1.25. The molecule has 0 radical (unpaired) electrons. The number of carbonyl (C=O) groups is 2. The highest BCUT2D eigenvalue weighted by Gasteiger charge is 2.23. The van der Waals surface area contributed by atoms with E-state index in [0.29, 0.717) is 18.7 Å². The number of nitro groups is 1. The minimum absolute atomic E-state index is 0.108. The smallest absolute Gasteiger partial charge is 0.269 e. The number of amides is 2. The van der Waals surface area contributed by atoms with E-state index >= 15 is 0 Å². The lowest BCUT2D eigenvalue weighted by atomic mass is 10.1. The molecule has 2 amide bonds. The molecule has 0 unspecified atom stereocenters. The van der Waals surface area contributed by atoms with Crippen LogP contribution in [0.1, 0.15) is 21.7 Å². The quantitative estimate of drug-likeness (QED) is 0.251. The largest absolute Gasteiger partial charge is 0.467 e. The molecule has 0 saturated heterocycles. The Labute approximate surface area is 191 Å². The molecule has 2 aromatic carbocycles.